The van der Waals surface area contributed by atoms with Crippen LogP contribution >= 0.6 is 0 Å². The van der Waals surface area contributed by atoms with E-state index in [1.807, 2.05) is 11.8 Å². The van der Waals surface area contributed by atoms with Crippen molar-refractivity contribution in [3.8, 4) is 0 Å². The van der Waals surface area contributed by atoms with Crippen molar-refractivity contribution in [2.75, 3.05) is 13.7 Å². The molecule has 2 aliphatic rings. The second-order valence-corrected chi connectivity index (χ2v) is 6.12. The average molecular weight is 273 g/mol. The van der Waals surface area contributed by atoms with E-state index in [9.17, 15) is 4.79 Å². The highest BCUT2D eigenvalue weighted by Crippen LogP contribution is 2.48. The molecule has 3 heteroatoms. The number of carbonyl (C=O) groups is 1. The summed E-state index contributed by atoms with van der Waals surface area (Å²) in [6.45, 7) is 3.60. The largest absolute Gasteiger partial charge is 0.372 e. The van der Waals surface area contributed by atoms with E-state index in [0.29, 0.717) is 0 Å². The molecule has 1 aliphatic carbocycles. The molecule has 1 fully saturated rings. The summed E-state index contributed by atoms with van der Waals surface area (Å²) in [5, 5.41) is 0. The van der Waals surface area contributed by atoms with Crippen LogP contribution in [-0.2, 0) is 21.5 Å². The minimum Gasteiger partial charge on any atom is -0.372 e. The van der Waals surface area contributed by atoms with Crippen molar-refractivity contribution in [3.05, 3.63) is 35.4 Å². The molecule has 0 saturated heterocycles. The highest BCUT2D eigenvalue weighted by Gasteiger charge is 2.45. The van der Waals surface area contributed by atoms with Gasteiger partial charge in [0, 0.05) is 25.6 Å². The average Bonchev–Trinajstić information content (AvgIpc) is 2.45. The molecule has 3 rings (SSSR count). The van der Waals surface area contributed by atoms with E-state index >= 15 is 0 Å². The highest BCUT2D eigenvalue weighted by atomic mass is 16.5. The fourth-order valence-electron chi connectivity index (χ4n) is 3.72. The Balaban J connectivity index is 1.89. The molecule has 1 aromatic carbocycles. The number of rotatable bonds is 3. The molecular formula is C17H23NO2. The zero-order valence-corrected chi connectivity index (χ0v) is 12.4. The maximum absolute atomic E-state index is 12.6. The van der Waals surface area contributed by atoms with Crippen LogP contribution in [0, 0.1) is 0 Å². The minimum atomic E-state index is -0.294. The monoisotopic (exact) mass is 273 g/mol. The maximum Gasteiger partial charge on any atom is 0.252 e. The number of hydrogen-bond acceptors (Lipinski definition) is 2. The van der Waals surface area contributed by atoms with Crippen LogP contribution in [0.3, 0.4) is 0 Å². The van der Waals surface area contributed by atoms with Crippen LogP contribution in [-0.4, -0.2) is 30.6 Å². The lowest BCUT2D eigenvalue weighted by Crippen LogP contribution is -2.53. The lowest BCUT2D eigenvalue weighted by molar-refractivity contribution is -0.145. The van der Waals surface area contributed by atoms with Gasteiger partial charge in [-0.15, -0.1) is 0 Å². The van der Waals surface area contributed by atoms with Gasteiger partial charge < -0.3 is 9.64 Å². The Morgan fingerprint density at radius 2 is 2.15 bits per heavy atom. The first-order valence-electron chi connectivity index (χ1n) is 7.60. The number of fused-ring (bicyclic) bond motifs is 2. The molecule has 1 aliphatic heterocycles. The lowest BCUT2D eigenvalue weighted by atomic mass is 9.61. The van der Waals surface area contributed by atoms with Crippen LogP contribution < -0.4 is 0 Å². The van der Waals surface area contributed by atoms with Crippen LogP contribution in [0.2, 0.25) is 0 Å². The third kappa shape index (κ3) is 2.05. The van der Waals surface area contributed by atoms with Crippen LogP contribution in [0.1, 0.15) is 43.7 Å². The first-order valence-corrected chi connectivity index (χ1v) is 7.60. The summed E-state index contributed by atoms with van der Waals surface area (Å²) in [4.78, 5) is 14.6. The van der Waals surface area contributed by atoms with E-state index in [2.05, 4.69) is 24.3 Å². The first-order chi connectivity index (χ1) is 9.70. The molecule has 0 bridgehead atoms. The van der Waals surface area contributed by atoms with E-state index in [0.717, 1.165) is 19.5 Å². The fraction of sp³-hybridized carbons (Fsp3) is 0.588. The van der Waals surface area contributed by atoms with E-state index in [1.165, 1.54) is 30.4 Å². The van der Waals surface area contributed by atoms with Crippen molar-refractivity contribution in [2.24, 2.45) is 0 Å². The predicted molar refractivity (Wildman–Crippen MR) is 78.5 cm³/mol. The summed E-state index contributed by atoms with van der Waals surface area (Å²) in [6.07, 6.45) is 4.13. The standard InChI is InChI=1S/C17H23NO2/c1-3-15(20-2)16(19)18-11-13-7-4-5-8-14(13)17(12-18)9-6-10-17/h4-5,7-8,15H,3,6,9-12H2,1-2H3. The van der Waals surface area contributed by atoms with Crippen molar-refractivity contribution >= 4 is 5.91 Å². The van der Waals surface area contributed by atoms with Gasteiger partial charge in [-0.2, -0.15) is 0 Å². The summed E-state index contributed by atoms with van der Waals surface area (Å²) < 4.78 is 5.33. The van der Waals surface area contributed by atoms with Gasteiger partial charge in [0.1, 0.15) is 6.10 Å². The molecule has 1 spiro atoms. The van der Waals surface area contributed by atoms with Crippen molar-refractivity contribution in [2.45, 2.75) is 50.7 Å². The maximum atomic E-state index is 12.6. The van der Waals surface area contributed by atoms with Gasteiger partial charge in [0.2, 0.25) is 0 Å². The number of methoxy groups -OCH3 is 1. The molecule has 0 aromatic heterocycles. The molecule has 1 saturated carbocycles. The Bertz CT molecular complexity index is 503. The topological polar surface area (TPSA) is 29.5 Å². The lowest BCUT2D eigenvalue weighted by Gasteiger charge is -2.50. The Hall–Kier alpha value is -1.35. The van der Waals surface area contributed by atoms with E-state index in [1.54, 1.807) is 7.11 Å². The van der Waals surface area contributed by atoms with Crippen molar-refractivity contribution in [1.29, 1.82) is 0 Å². The number of ether oxygens (including phenoxy) is 1. The molecule has 108 valence electrons. The Morgan fingerprint density at radius 3 is 2.75 bits per heavy atom. The minimum absolute atomic E-state index is 0.149. The number of amides is 1. The Labute approximate surface area is 120 Å². The Morgan fingerprint density at radius 1 is 1.40 bits per heavy atom. The van der Waals surface area contributed by atoms with Gasteiger partial charge in [-0.1, -0.05) is 37.6 Å². The summed E-state index contributed by atoms with van der Waals surface area (Å²) in [5.41, 5.74) is 3.01. The SMILES string of the molecule is CCC(OC)C(=O)N1Cc2ccccc2C2(CCC2)C1. The third-order valence-electron chi connectivity index (χ3n) is 5.00. The third-order valence-corrected chi connectivity index (χ3v) is 5.00. The number of hydrogen-bond donors (Lipinski definition) is 0. The second kappa shape index (κ2) is 5.21. The summed E-state index contributed by atoms with van der Waals surface area (Å²) >= 11 is 0. The van der Waals surface area contributed by atoms with Crippen LogP contribution in [0.15, 0.2) is 24.3 Å². The second-order valence-electron chi connectivity index (χ2n) is 6.12. The number of benzene rings is 1. The number of carbonyl (C=O) groups excluding carboxylic acids is 1. The van der Waals surface area contributed by atoms with E-state index < -0.39 is 0 Å². The molecule has 1 amide bonds. The molecule has 1 aromatic rings. The van der Waals surface area contributed by atoms with Crippen LogP contribution in [0.4, 0.5) is 0 Å². The molecule has 20 heavy (non-hydrogen) atoms. The summed E-state index contributed by atoms with van der Waals surface area (Å²) in [5.74, 6) is 0.149. The molecule has 3 nitrogen and oxygen atoms in total. The molecule has 1 unspecified atom stereocenters. The van der Waals surface area contributed by atoms with Gasteiger partial charge >= 0.3 is 0 Å². The van der Waals surface area contributed by atoms with Crippen molar-refractivity contribution in [3.63, 3.8) is 0 Å². The summed E-state index contributed by atoms with van der Waals surface area (Å²) in [7, 11) is 1.63. The van der Waals surface area contributed by atoms with E-state index in [4.69, 9.17) is 4.74 Å². The van der Waals surface area contributed by atoms with Crippen molar-refractivity contribution in [1.82, 2.24) is 4.90 Å². The highest BCUT2D eigenvalue weighted by molar-refractivity contribution is 5.81. The van der Waals surface area contributed by atoms with E-state index in [-0.39, 0.29) is 17.4 Å². The predicted octanol–water partition coefficient (Wildman–Crippen LogP) is 2.88. The first kappa shape index (κ1) is 13.6. The van der Waals surface area contributed by atoms with Crippen LogP contribution in [0.5, 0.6) is 0 Å². The van der Waals surface area contributed by atoms with Gasteiger partial charge in [-0.3, -0.25) is 4.79 Å². The molecular weight excluding hydrogens is 250 g/mol. The molecule has 1 atom stereocenters. The number of nitrogens with zero attached hydrogens (tertiary/aromatic N) is 1. The van der Waals surface area contributed by atoms with Gasteiger partial charge in [0.25, 0.3) is 5.91 Å². The molecule has 0 N–H and O–H groups in total. The smallest absolute Gasteiger partial charge is 0.252 e. The Kier molecular flexibility index (Phi) is 3.55. The van der Waals surface area contributed by atoms with Gasteiger partial charge in [0.15, 0.2) is 0 Å². The van der Waals surface area contributed by atoms with Gasteiger partial charge in [0.05, 0.1) is 0 Å². The zero-order valence-electron chi connectivity index (χ0n) is 12.4. The molecule has 1 heterocycles. The quantitative estimate of drug-likeness (QED) is 0.847. The summed E-state index contributed by atoms with van der Waals surface area (Å²) in [6, 6.07) is 8.62. The van der Waals surface area contributed by atoms with Crippen molar-refractivity contribution < 1.29 is 9.53 Å². The fourth-order valence-corrected chi connectivity index (χ4v) is 3.72. The van der Waals surface area contributed by atoms with Crippen LogP contribution in [0.25, 0.3) is 0 Å². The van der Waals surface area contributed by atoms with Gasteiger partial charge in [-0.05, 0) is 30.4 Å². The van der Waals surface area contributed by atoms with Gasteiger partial charge in [-0.25, -0.2) is 0 Å². The normalized spacial score (nSPS) is 21.2. The zero-order chi connectivity index (χ0) is 14.2. The molecule has 0 radical (unpaired) electrons.